The Balaban J connectivity index is 1.57. The highest BCUT2D eigenvalue weighted by atomic mass is 32.2. The van der Waals surface area contributed by atoms with Crippen LogP contribution in [0.15, 0.2) is 59.6 Å². The highest BCUT2D eigenvalue weighted by molar-refractivity contribution is 8.18. The van der Waals surface area contributed by atoms with Gasteiger partial charge in [0.1, 0.15) is 0 Å². The molecule has 1 aliphatic heterocycles. The minimum absolute atomic E-state index is 0.141. The molecule has 9 heteroatoms. The van der Waals surface area contributed by atoms with Crippen LogP contribution in [0.25, 0.3) is 17.0 Å². The number of hydrogen-bond donors (Lipinski definition) is 0. The van der Waals surface area contributed by atoms with E-state index in [-0.39, 0.29) is 16.2 Å². The topological polar surface area (TPSA) is 103 Å². The van der Waals surface area contributed by atoms with Gasteiger partial charge in [-0.3, -0.25) is 29.4 Å². The summed E-state index contributed by atoms with van der Waals surface area (Å²) in [5, 5.41) is 11.2. The van der Waals surface area contributed by atoms with E-state index in [2.05, 4.69) is 11.5 Å². The molecule has 32 heavy (non-hydrogen) atoms. The minimum Gasteiger partial charge on any atom is -0.347 e. The lowest BCUT2D eigenvalue weighted by atomic mass is 10.1. The van der Waals surface area contributed by atoms with Crippen molar-refractivity contribution >= 4 is 51.4 Å². The fourth-order valence-corrected chi connectivity index (χ4v) is 4.43. The van der Waals surface area contributed by atoms with Gasteiger partial charge in [0.05, 0.1) is 16.4 Å². The van der Waals surface area contributed by atoms with E-state index in [0.717, 1.165) is 46.1 Å². The number of carbonyl (C=O) groups is 3. The van der Waals surface area contributed by atoms with Crippen LogP contribution in [0.1, 0.15) is 29.3 Å². The summed E-state index contributed by atoms with van der Waals surface area (Å²) >= 11 is 0.799. The first-order chi connectivity index (χ1) is 15.4. The molecule has 1 fully saturated rings. The molecule has 1 aliphatic rings. The van der Waals surface area contributed by atoms with E-state index in [1.807, 2.05) is 30.5 Å². The molecule has 0 atom stereocenters. The highest BCUT2D eigenvalue weighted by Gasteiger charge is 2.36. The van der Waals surface area contributed by atoms with Crippen molar-refractivity contribution in [2.75, 3.05) is 6.54 Å². The largest absolute Gasteiger partial charge is 0.347 e. The van der Waals surface area contributed by atoms with Gasteiger partial charge in [-0.15, -0.1) is 0 Å². The number of aromatic nitrogens is 1. The van der Waals surface area contributed by atoms with Gasteiger partial charge in [0, 0.05) is 46.9 Å². The van der Waals surface area contributed by atoms with Crippen LogP contribution in [0.5, 0.6) is 0 Å². The summed E-state index contributed by atoms with van der Waals surface area (Å²) in [5.41, 5.74) is 1.94. The van der Waals surface area contributed by atoms with Gasteiger partial charge < -0.3 is 4.57 Å². The van der Waals surface area contributed by atoms with E-state index in [0.29, 0.717) is 0 Å². The van der Waals surface area contributed by atoms with Gasteiger partial charge in [-0.2, -0.15) is 0 Å². The molecule has 1 saturated heterocycles. The predicted molar refractivity (Wildman–Crippen MR) is 122 cm³/mol. The van der Waals surface area contributed by atoms with Crippen LogP contribution in [0.2, 0.25) is 0 Å². The molecule has 0 saturated carbocycles. The summed E-state index contributed by atoms with van der Waals surface area (Å²) in [7, 11) is 0. The lowest BCUT2D eigenvalue weighted by molar-refractivity contribution is -0.384. The molecule has 0 N–H and O–H groups in total. The Morgan fingerprint density at radius 1 is 1.12 bits per heavy atom. The second-order valence-corrected chi connectivity index (χ2v) is 8.28. The van der Waals surface area contributed by atoms with Crippen molar-refractivity contribution in [2.45, 2.75) is 19.9 Å². The van der Waals surface area contributed by atoms with Crippen LogP contribution in [-0.2, 0) is 11.3 Å². The summed E-state index contributed by atoms with van der Waals surface area (Å²) in [6.07, 6.45) is 4.61. The number of nitro groups is 1. The number of imide groups is 1. The van der Waals surface area contributed by atoms with Gasteiger partial charge in [-0.25, -0.2) is 0 Å². The number of rotatable bonds is 7. The number of nitrogens with zero attached hydrogens (tertiary/aromatic N) is 3. The third-order valence-corrected chi connectivity index (χ3v) is 6.05. The molecule has 2 amide bonds. The molecule has 3 aromatic rings. The number of ketones is 1. The lowest BCUT2D eigenvalue weighted by Crippen LogP contribution is -2.33. The molecule has 0 radical (unpaired) electrons. The number of benzene rings is 2. The fourth-order valence-electron chi connectivity index (χ4n) is 3.60. The molecule has 1 aromatic heterocycles. The van der Waals surface area contributed by atoms with E-state index < -0.39 is 28.4 Å². The average molecular weight is 449 g/mol. The second kappa shape index (κ2) is 8.80. The van der Waals surface area contributed by atoms with Gasteiger partial charge in [0.15, 0.2) is 5.78 Å². The van der Waals surface area contributed by atoms with Crippen LogP contribution < -0.4 is 0 Å². The Kier molecular flexibility index (Phi) is 5.91. The summed E-state index contributed by atoms with van der Waals surface area (Å²) < 4.78 is 2.11. The van der Waals surface area contributed by atoms with Crippen molar-refractivity contribution in [1.82, 2.24) is 9.47 Å². The Morgan fingerprint density at radius 2 is 1.84 bits per heavy atom. The zero-order chi connectivity index (χ0) is 22.8. The van der Waals surface area contributed by atoms with Crippen LogP contribution in [-0.4, -0.2) is 37.9 Å². The Labute approximate surface area is 187 Å². The summed E-state index contributed by atoms with van der Waals surface area (Å²) in [6, 6.07) is 12.9. The molecule has 0 spiro atoms. The maximum Gasteiger partial charge on any atom is 0.293 e. The number of Topliss-reactive ketones (excluding diaryl/α,β-unsaturated/α-hetero) is 1. The standard InChI is InChI=1S/C23H19N3O5S/c1-2-11-24-13-16(18-5-3-4-6-19(18)24)12-21-22(28)25(23(29)32-21)14-20(27)15-7-9-17(10-8-15)26(30)31/h3-10,12-13H,2,11,14H2,1H3/b21-12-. The van der Waals surface area contributed by atoms with Crippen molar-refractivity contribution in [3.63, 3.8) is 0 Å². The normalized spacial score (nSPS) is 15.2. The Bertz CT molecular complexity index is 1280. The van der Waals surface area contributed by atoms with Gasteiger partial charge >= 0.3 is 0 Å². The number of aryl methyl sites for hydroxylation is 1. The van der Waals surface area contributed by atoms with Crippen LogP contribution in [0.4, 0.5) is 10.5 Å². The molecule has 4 rings (SSSR count). The lowest BCUT2D eigenvalue weighted by Gasteiger charge is -2.11. The van der Waals surface area contributed by atoms with Gasteiger partial charge in [0.2, 0.25) is 0 Å². The van der Waals surface area contributed by atoms with E-state index in [1.54, 1.807) is 6.08 Å². The van der Waals surface area contributed by atoms with Crippen LogP contribution in [0, 0.1) is 10.1 Å². The van der Waals surface area contributed by atoms with Crippen molar-refractivity contribution in [3.8, 4) is 0 Å². The predicted octanol–water partition coefficient (Wildman–Crippen LogP) is 4.88. The van der Waals surface area contributed by atoms with E-state index in [4.69, 9.17) is 0 Å². The van der Waals surface area contributed by atoms with Crippen molar-refractivity contribution in [3.05, 3.63) is 80.9 Å². The van der Waals surface area contributed by atoms with Gasteiger partial charge in [-0.1, -0.05) is 25.1 Å². The zero-order valence-corrected chi connectivity index (χ0v) is 18.0. The second-order valence-electron chi connectivity index (χ2n) is 7.29. The first kappa shape index (κ1) is 21.5. The molecule has 2 heterocycles. The smallest absolute Gasteiger partial charge is 0.293 e. The molecule has 0 bridgehead atoms. The van der Waals surface area contributed by atoms with Crippen molar-refractivity contribution < 1.29 is 19.3 Å². The molecule has 0 aliphatic carbocycles. The molecule has 162 valence electrons. The molecular formula is C23H19N3O5S. The number of hydrogen-bond acceptors (Lipinski definition) is 6. The van der Waals surface area contributed by atoms with Gasteiger partial charge in [-0.05, 0) is 42.5 Å². The number of para-hydroxylation sites is 1. The van der Waals surface area contributed by atoms with E-state index in [1.165, 1.54) is 24.3 Å². The quantitative estimate of drug-likeness (QED) is 0.220. The van der Waals surface area contributed by atoms with Crippen molar-refractivity contribution in [1.29, 1.82) is 0 Å². The maximum atomic E-state index is 12.9. The number of carbonyl (C=O) groups excluding carboxylic acids is 3. The third kappa shape index (κ3) is 4.06. The molecule has 2 aromatic carbocycles. The zero-order valence-electron chi connectivity index (χ0n) is 17.2. The number of fused-ring (bicyclic) bond motifs is 1. The summed E-state index contributed by atoms with van der Waals surface area (Å²) in [5.74, 6) is -0.995. The van der Waals surface area contributed by atoms with E-state index in [9.17, 15) is 24.5 Å². The summed E-state index contributed by atoms with van der Waals surface area (Å²) in [4.78, 5) is 49.2. The molecule has 8 nitrogen and oxygen atoms in total. The SMILES string of the molecule is CCCn1cc(/C=C2\SC(=O)N(CC(=O)c3ccc([N+](=O)[O-])cc3)C2=O)c2ccccc21. The summed E-state index contributed by atoms with van der Waals surface area (Å²) in [6.45, 7) is 2.50. The number of non-ortho nitro benzene ring substituents is 1. The number of amides is 2. The number of nitro benzene ring substituents is 1. The number of thioether (sulfide) groups is 1. The third-order valence-electron chi connectivity index (χ3n) is 5.15. The first-order valence-electron chi connectivity index (χ1n) is 10.00. The maximum absolute atomic E-state index is 12.9. The minimum atomic E-state index is -0.563. The Morgan fingerprint density at radius 3 is 2.53 bits per heavy atom. The Hall–Kier alpha value is -3.72. The molecule has 0 unspecified atom stereocenters. The molecular weight excluding hydrogens is 430 g/mol. The fraction of sp³-hybridized carbons (Fsp3) is 0.174. The highest BCUT2D eigenvalue weighted by Crippen LogP contribution is 2.34. The monoisotopic (exact) mass is 449 g/mol. The van der Waals surface area contributed by atoms with Crippen LogP contribution in [0.3, 0.4) is 0 Å². The van der Waals surface area contributed by atoms with E-state index >= 15 is 0 Å². The first-order valence-corrected chi connectivity index (χ1v) is 10.8. The van der Waals surface area contributed by atoms with Gasteiger partial charge in [0.25, 0.3) is 16.8 Å². The van der Waals surface area contributed by atoms with Crippen molar-refractivity contribution in [2.24, 2.45) is 0 Å². The average Bonchev–Trinajstić information content (AvgIpc) is 3.26. The van der Waals surface area contributed by atoms with Crippen LogP contribution >= 0.6 is 11.8 Å².